The zero-order chi connectivity index (χ0) is 15.4. The molecule has 0 aromatic heterocycles. The normalized spacial score (nSPS) is 16.3. The maximum Gasteiger partial charge on any atom is 0.115 e. The number of rotatable bonds is 3. The van der Waals surface area contributed by atoms with Crippen molar-refractivity contribution in [1.29, 1.82) is 5.26 Å². The number of benzene rings is 2. The molecule has 0 spiro atoms. The average molecular weight is 292 g/mol. The standard InChI is InChI=1S/C19H20N2O/c20-13-15-2-1-3-16(12-15)14-21-10-8-18(9-11-21)17-4-6-19(22)7-5-17/h1-7,12,18,22H,8-11,14H2. The number of phenols is 1. The van der Waals surface area contributed by atoms with E-state index < -0.39 is 0 Å². The van der Waals surface area contributed by atoms with Gasteiger partial charge in [0, 0.05) is 6.54 Å². The second-order valence-corrected chi connectivity index (χ2v) is 5.95. The zero-order valence-electron chi connectivity index (χ0n) is 12.6. The van der Waals surface area contributed by atoms with E-state index in [1.54, 1.807) is 12.1 Å². The van der Waals surface area contributed by atoms with Crippen LogP contribution in [0.3, 0.4) is 0 Å². The SMILES string of the molecule is N#Cc1cccc(CN2CCC(c3ccc(O)cc3)CC2)c1. The third kappa shape index (κ3) is 3.47. The lowest BCUT2D eigenvalue weighted by molar-refractivity contribution is 0.204. The molecule has 1 aliphatic rings. The van der Waals surface area contributed by atoms with Gasteiger partial charge >= 0.3 is 0 Å². The first-order valence-electron chi connectivity index (χ1n) is 7.75. The van der Waals surface area contributed by atoms with Crippen molar-refractivity contribution in [2.45, 2.75) is 25.3 Å². The third-order valence-electron chi connectivity index (χ3n) is 4.41. The number of piperidine rings is 1. The average Bonchev–Trinajstić information content (AvgIpc) is 2.57. The summed E-state index contributed by atoms with van der Waals surface area (Å²) in [5, 5.41) is 18.3. The van der Waals surface area contributed by atoms with Crippen LogP contribution in [0.1, 0.15) is 35.4 Å². The summed E-state index contributed by atoms with van der Waals surface area (Å²) in [4.78, 5) is 2.45. The quantitative estimate of drug-likeness (QED) is 0.939. The number of nitriles is 1. The highest BCUT2D eigenvalue weighted by Crippen LogP contribution is 2.29. The Balaban J connectivity index is 1.57. The molecule has 22 heavy (non-hydrogen) atoms. The molecule has 1 aliphatic heterocycles. The van der Waals surface area contributed by atoms with Crippen molar-refractivity contribution in [3.05, 3.63) is 65.2 Å². The van der Waals surface area contributed by atoms with E-state index in [0.717, 1.165) is 38.0 Å². The van der Waals surface area contributed by atoms with Crippen molar-refractivity contribution in [3.63, 3.8) is 0 Å². The molecule has 2 aromatic carbocycles. The summed E-state index contributed by atoms with van der Waals surface area (Å²) < 4.78 is 0. The zero-order valence-corrected chi connectivity index (χ0v) is 12.6. The first-order chi connectivity index (χ1) is 10.7. The molecule has 3 heteroatoms. The molecule has 1 N–H and O–H groups in total. The smallest absolute Gasteiger partial charge is 0.115 e. The minimum atomic E-state index is 0.332. The highest BCUT2D eigenvalue weighted by atomic mass is 16.3. The van der Waals surface area contributed by atoms with Crippen LogP contribution in [-0.2, 0) is 6.54 Å². The molecule has 0 saturated carbocycles. The van der Waals surface area contributed by atoms with Crippen LogP contribution in [0.15, 0.2) is 48.5 Å². The van der Waals surface area contributed by atoms with Crippen LogP contribution in [0, 0.1) is 11.3 Å². The minimum absolute atomic E-state index is 0.332. The molecule has 0 aliphatic carbocycles. The van der Waals surface area contributed by atoms with Gasteiger partial charge in [0.1, 0.15) is 5.75 Å². The molecular weight excluding hydrogens is 272 g/mol. The Morgan fingerprint density at radius 3 is 2.50 bits per heavy atom. The topological polar surface area (TPSA) is 47.3 Å². The third-order valence-corrected chi connectivity index (χ3v) is 4.41. The van der Waals surface area contributed by atoms with Crippen molar-refractivity contribution in [2.24, 2.45) is 0 Å². The van der Waals surface area contributed by atoms with E-state index in [1.807, 2.05) is 30.3 Å². The number of phenolic OH excluding ortho intramolecular Hbond substituents is 1. The summed E-state index contributed by atoms with van der Waals surface area (Å²) in [6.07, 6.45) is 2.28. The predicted molar refractivity (Wildman–Crippen MR) is 86.5 cm³/mol. The van der Waals surface area contributed by atoms with Gasteiger partial charge in [-0.1, -0.05) is 24.3 Å². The van der Waals surface area contributed by atoms with E-state index in [2.05, 4.69) is 17.0 Å². The number of aromatic hydroxyl groups is 1. The number of hydrogen-bond acceptors (Lipinski definition) is 3. The minimum Gasteiger partial charge on any atom is -0.508 e. The monoisotopic (exact) mass is 292 g/mol. The van der Waals surface area contributed by atoms with E-state index in [4.69, 9.17) is 5.26 Å². The van der Waals surface area contributed by atoms with Crippen LogP contribution in [-0.4, -0.2) is 23.1 Å². The Labute approximate surface area is 131 Å². The molecule has 1 saturated heterocycles. The highest BCUT2D eigenvalue weighted by molar-refractivity contribution is 5.33. The van der Waals surface area contributed by atoms with Gasteiger partial charge in [-0.05, 0) is 67.2 Å². The van der Waals surface area contributed by atoms with E-state index in [9.17, 15) is 5.11 Å². The molecule has 1 heterocycles. The van der Waals surface area contributed by atoms with Crippen molar-refractivity contribution in [2.75, 3.05) is 13.1 Å². The van der Waals surface area contributed by atoms with Gasteiger partial charge in [0.05, 0.1) is 11.6 Å². The van der Waals surface area contributed by atoms with E-state index in [-0.39, 0.29) is 0 Å². The Morgan fingerprint density at radius 2 is 1.82 bits per heavy atom. The molecule has 1 fully saturated rings. The summed E-state index contributed by atoms with van der Waals surface area (Å²) in [6, 6.07) is 17.7. The Kier molecular flexibility index (Phi) is 4.41. The summed E-state index contributed by atoms with van der Waals surface area (Å²) in [5.41, 5.74) is 3.27. The molecule has 112 valence electrons. The molecule has 0 atom stereocenters. The summed E-state index contributed by atoms with van der Waals surface area (Å²) >= 11 is 0. The number of likely N-dealkylation sites (tertiary alicyclic amines) is 1. The molecular formula is C19H20N2O. The second-order valence-electron chi connectivity index (χ2n) is 5.95. The van der Waals surface area contributed by atoms with Gasteiger partial charge in [-0.3, -0.25) is 4.90 Å². The van der Waals surface area contributed by atoms with Gasteiger partial charge in [-0.25, -0.2) is 0 Å². The van der Waals surface area contributed by atoms with Gasteiger partial charge in [0.15, 0.2) is 0 Å². The van der Waals surface area contributed by atoms with Crippen molar-refractivity contribution < 1.29 is 5.11 Å². The van der Waals surface area contributed by atoms with Gasteiger partial charge < -0.3 is 5.11 Å². The number of hydrogen-bond donors (Lipinski definition) is 1. The molecule has 0 radical (unpaired) electrons. The molecule has 3 rings (SSSR count). The van der Waals surface area contributed by atoms with E-state index >= 15 is 0 Å². The Morgan fingerprint density at radius 1 is 1.09 bits per heavy atom. The largest absolute Gasteiger partial charge is 0.508 e. The first kappa shape index (κ1) is 14.6. The van der Waals surface area contributed by atoms with Gasteiger partial charge in [0.25, 0.3) is 0 Å². The maximum absolute atomic E-state index is 9.37. The van der Waals surface area contributed by atoms with Crippen molar-refractivity contribution in [3.8, 4) is 11.8 Å². The second kappa shape index (κ2) is 6.64. The molecule has 2 aromatic rings. The molecule has 3 nitrogen and oxygen atoms in total. The summed E-state index contributed by atoms with van der Waals surface area (Å²) in [7, 11) is 0. The lowest BCUT2D eigenvalue weighted by atomic mass is 9.89. The Hall–Kier alpha value is -2.31. The van der Waals surface area contributed by atoms with Crippen LogP contribution in [0.5, 0.6) is 5.75 Å². The van der Waals surface area contributed by atoms with E-state index in [1.165, 1.54) is 11.1 Å². The fraction of sp³-hybridized carbons (Fsp3) is 0.316. The Bertz CT molecular complexity index is 665. The van der Waals surface area contributed by atoms with E-state index in [0.29, 0.717) is 11.7 Å². The van der Waals surface area contributed by atoms with Crippen LogP contribution in [0.4, 0.5) is 0 Å². The molecule has 0 bridgehead atoms. The summed E-state index contributed by atoms with van der Waals surface area (Å²) in [6.45, 7) is 3.06. The highest BCUT2D eigenvalue weighted by Gasteiger charge is 2.20. The van der Waals surface area contributed by atoms with Gasteiger partial charge in [-0.2, -0.15) is 5.26 Å². The van der Waals surface area contributed by atoms with Crippen LogP contribution >= 0.6 is 0 Å². The van der Waals surface area contributed by atoms with Gasteiger partial charge in [0.2, 0.25) is 0 Å². The van der Waals surface area contributed by atoms with Crippen molar-refractivity contribution >= 4 is 0 Å². The lowest BCUT2D eigenvalue weighted by Gasteiger charge is -2.32. The van der Waals surface area contributed by atoms with Gasteiger partial charge in [-0.15, -0.1) is 0 Å². The predicted octanol–water partition coefficient (Wildman–Crippen LogP) is 3.64. The fourth-order valence-electron chi connectivity index (χ4n) is 3.17. The first-order valence-corrected chi connectivity index (χ1v) is 7.75. The lowest BCUT2D eigenvalue weighted by Crippen LogP contribution is -2.32. The number of nitrogens with zero attached hydrogens (tertiary/aromatic N) is 2. The maximum atomic E-state index is 9.37. The fourth-order valence-corrected chi connectivity index (χ4v) is 3.17. The molecule has 0 unspecified atom stereocenters. The van der Waals surface area contributed by atoms with Crippen molar-refractivity contribution in [1.82, 2.24) is 4.90 Å². The van der Waals surface area contributed by atoms with Crippen LogP contribution in [0.25, 0.3) is 0 Å². The van der Waals surface area contributed by atoms with Crippen LogP contribution < -0.4 is 0 Å². The summed E-state index contributed by atoms with van der Waals surface area (Å²) in [5.74, 6) is 0.917. The van der Waals surface area contributed by atoms with Crippen LogP contribution in [0.2, 0.25) is 0 Å². The molecule has 0 amide bonds.